The Morgan fingerprint density at radius 3 is 2.80 bits per heavy atom. The fraction of sp³-hybridized carbons (Fsp3) is 0.529. The predicted octanol–water partition coefficient (Wildman–Crippen LogP) is 2.02. The van der Waals surface area contributed by atoms with Gasteiger partial charge in [0, 0.05) is 38.7 Å². The quantitative estimate of drug-likeness (QED) is 0.828. The van der Waals surface area contributed by atoms with E-state index < -0.39 is 10.0 Å². The van der Waals surface area contributed by atoms with Crippen LogP contribution >= 0.6 is 0 Å². The molecule has 8 heteroatoms. The van der Waals surface area contributed by atoms with Gasteiger partial charge < -0.3 is 9.32 Å². The highest BCUT2D eigenvalue weighted by molar-refractivity contribution is 7.89. The molecule has 0 atom stereocenters. The number of hydrogen-bond acceptors (Lipinski definition) is 5. The van der Waals surface area contributed by atoms with Gasteiger partial charge in [-0.05, 0) is 31.0 Å². The maximum absolute atomic E-state index is 12.8. The van der Waals surface area contributed by atoms with Crippen LogP contribution in [-0.2, 0) is 10.0 Å². The fourth-order valence-electron chi connectivity index (χ4n) is 3.12. The third kappa shape index (κ3) is 3.85. The van der Waals surface area contributed by atoms with E-state index in [-0.39, 0.29) is 11.7 Å². The van der Waals surface area contributed by atoms with Crippen LogP contribution in [-0.4, -0.2) is 60.4 Å². The van der Waals surface area contributed by atoms with Crippen molar-refractivity contribution in [3.05, 3.63) is 29.7 Å². The largest absolute Gasteiger partial charge is 0.441 e. The lowest BCUT2D eigenvalue weighted by Gasteiger charge is -2.22. The van der Waals surface area contributed by atoms with Gasteiger partial charge in [-0.2, -0.15) is 0 Å². The monoisotopic (exact) mass is 365 g/mol. The lowest BCUT2D eigenvalue weighted by atomic mass is 10.1. The summed E-state index contributed by atoms with van der Waals surface area (Å²) in [6.07, 6.45) is 1.23. The number of sulfonamides is 1. The van der Waals surface area contributed by atoms with Crippen LogP contribution < -0.4 is 0 Å². The second kappa shape index (κ2) is 7.13. The summed E-state index contributed by atoms with van der Waals surface area (Å²) in [5, 5.41) is 0. The fourth-order valence-corrected chi connectivity index (χ4v) is 4.66. The normalized spacial score (nSPS) is 17.0. The van der Waals surface area contributed by atoms with Crippen LogP contribution in [0.2, 0.25) is 0 Å². The van der Waals surface area contributed by atoms with Gasteiger partial charge in [-0.15, -0.1) is 0 Å². The Morgan fingerprint density at radius 1 is 1.24 bits per heavy atom. The van der Waals surface area contributed by atoms with Gasteiger partial charge in [-0.3, -0.25) is 4.79 Å². The third-order valence-electron chi connectivity index (χ3n) is 4.34. The first kappa shape index (κ1) is 17.9. The molecule has 7 nitrogen and oxygen atoms in total. The molecule has 1 amide bonds. The van der Waals surface area contributed by atoms with Crippen molar-refractivity contribution < 1.29 is 17.6 Å². The molecule has 0 radical (unpaired) electrons. The van der Waals surface area contributed by atoms with Gasteiger partial charge in [-0.25, -0.2) is 17.7 Å². The number of hydrogen-bond donors (Lipinski definition) is 0. The van der Waals surface area contributed by atoms with Crippen LogP contribution in [0.1, 0.15) is 36.0 Å². The van der Waals surface area contributed by atoms with Crippen LogP contribution in [0.4, 0.5) is 0 Å². The molecule has 136 valence electrons. The van der Waals surface area contributed by atoms with Crippen molar-refractivity contribution in [3.8, 4) is 0 Å². The van der Waals surface area contributed by atoms with E-state index in [4.69, 9.17) is 4.42 Å². The molecule has 2 aromatic rings. The van der Waals surface area contributed by atoms with Crippen molar-refractivity contribution in [1.82, 2.24) is 14.2 Å². The molecule has 0 N–H and O–H groups in total. The minimum Gasteiger partial charge on any atom is -0.441 e. The molecule has 0 bridgehead atoms. The molecule has 1 saturated heterocycles. The first-order valence-corrected chi connectivity index (χ1v) is 10.2. The standard InChI is InChI=1S/C17H23N3O4S/c1-3-11-25(22,23)20-8-4-7-19(9-10-20)17(21)14-5-6-15-16(12-14)24-13(2)18-15/h5-6,12H,3-4,7-11H2,1-2H3. The molecule has 0 saturated carbocycles. The van der Waals surface area contributed by atoms with Gasteiger partial charge in [0.25, 0.3) is 5.91 Å². The second-order valence-corrected chi connectivity index (χ2v) is 8.36. The topological polar surface area (TPSA) is 83.7 Å². The molecule has 0 spiro atoms. The molecule has 25 heavy (non-hydrogen) atoms. The van der Waals surface area contributed by atoms with Crippen molar-refractivity contribution in [3.63, 3.8) is 0 Å². The first-order chi connectivity index (χ1) is 11.9. The number of fused-ring (bicyclic) bond motifs is 1. The Kier molecular flexibility index (Phi) is 5.10. The Labute approximate surface area is 147 Å². The lowest BCUT2D eigenvalue weighted by molar-refractivity contribution is 0.0764. The molecular weight excluding hydrogens is 342 g/mol. The van der Waals surface area contributed by atoms with E-state index >= 15 is 0 Å². The van der Waals surface area contributed by atoms with Gasteiger partial charge in [0.2, 0.25) is 10.0 Å². The Hall–Kier alpha value is -1.93. The first-order valence-electron chi connectivity index (χ1n) is 8.55. The van der Waals surface area contributed by atoms with Crippen molar-refractivity contribution in [2.45, 2.75) is 26.7 Å². The molecule has 3 rings (SSSR count). The van der Waals surface area contributed by atoms with Crippen LogP contribution in [0, 0.1) is 6.92 Å². The number of aromatic nitrogens is 1. The summed E-state index contributed by atoms with van der Waals surface area (Å²) < 4.78 is 31.5. The molecule has 1 aromatic heterocycles. The predicted molar refractivity (Wildman–Crippen MR) is 94.9 cm³/mol. The number of nitrogens with zero attached hydrogens (tertiary/aromatic N) is 3. The maximum atomic E-state index is 12.8. The number of oxazole rings is 1. The van der Waals surface area contributed by atoms with Crippen molar-refractivity contribution >= 4 is 27.0 Å². The Balaban J connectivity index is 1.74. The summed E-state index contributed by atoms with van der Waals surface area (Å²) in [7, 11) is -3.22. The summed E-state index contributed by atoms with van der Waals surface area (Å²) in [5.41, 5.74) is 1.85. The van der Waals surface area contributed by atoms with Crippen LogP contribution in [0.25, 0.3) is 11.1 Å². The van der Waals surface area contributed by atoms with Gasteiger partial charge in [0.1, 0.15) is 5.52 Å². The van der Waals surface area contributed by atoms with Crippen molar-refractivity contribution in [2.24, 2.45) is 0 Å². The highest BCUT2D eigenvalue weighted by atomic mass is 32.2. The number of aryl methyl sites for hydroxylation is 1. The SMILES string of the molecule is CCCS(=O)(=O)N1CCCN(C(=O)c2ccc3nc(C)oc3c2)CC1. The van der Waals surface area contributed by atoms with E-state index in [1.807, 2.05) is 6.92 Å². The summed E-state index contributed by atoms with van der Waals surface area (Å²) in [6.45, 7) is 5.37. The molecule has 1 aliphatic rings. The van der Waals surface area contributed by atoms with E-state index in [1.165, 1.54) is 4.31 Å². The number of amides is 1. The van der Waals surface area contributed by atoms with Crippen molar-refractivity contribution in [1.29, 1.82) is 0 Å². The minimum absolute atomic E-state index is 0.106. The summed E-state index contributed by atoms with van der Waals surface area (Å²) in [4.78, 5) is 18.7. The third-order valence-corrected chi connectivity index (χ3v) is 6.42. The van der Waals surface area contributed by atoms with Gasteiger partial charge >= 0.3 is 0 Å². The molecule has 2 heterocycles. The van der Waals surface area contributed by atoms with Gasteiger partial charge in [0.15, 0.2) is 11.5 Å². The average molecular weight is 365 g/mol. The summed E-state index contributed by atoms with van der Waals surface area (Å²) in [6, 6.07) is 5.21. The number of rotatable bonds is 4. The smallest absolute Gasteiger partial charge is 0.254 e. The zero-order chi connectivity index (χ0) is 18.0. The van der Waals surface area contributed by atoms with E-state index in [0.29, 0.717) is 56.1 Å². The van der Waals surface area contributed by atoms with Crippen molar-refractivity contribution in [2.75, 3.05) is 31.9 Å². The van der Waals surface area contributed by atoms with E-state index in [2.05, 4.69) is 4.98 Å². The highest BCUT2D eigenvalue weighted by Crippen LogP contribution is 2.19. The Morgan fingerprint density at radius 2 is 2.04 bits per heavy atom. The number of carbonyl (C=O) groups excluding carboxylic acids is 1. The van der Waals surface area contributed by atoms with Crippen LogP contribution in [0.3, 0.4) is 0 Å². The molecule has 1 aliphatic heterocycles. The highest BCUT2D eigenvalue weighted by Gasteiger charge is 2.26. The summed E-state index contributed by atoms with van der Waals surface area (Å²) >= 11 is 0. The van der Waals surface area contributed by atoms with Gasteiger partial charge in [-0.1, -0.05) is 6.92 Å². The molecule has 0 aliphatic carbocycles. The van der Waals surface area contributed by atoms with E-state index in [1.54, 1.807) is 30.0 Å². The van der Waals surface area contributed by atoms with E-state index in [9.17, 15) is 13.2 Å². The zero-order valence-electron chi connectivity index (χ0n) is 14.6. The molecular formula is C17H23N3O4S. The number of carbonyl (C=O) groups is 1. The molecule has 0 unspecified atom stereocenters. The molecule has 1 aromatic carbocycles. The average Bonchev–Trinajstić information content (AvgIpc) is 2.77. The Bertz CT molecular complexity index is 875. The maximum Gasteiger partial charge on any atom is 0.254 e. The zero-order valence-corrected chi connectivity index (χ0v) is 15.4. The van der Waals surface area contributed by atoms with E-state index in [0.717, 1.165) is 5.52 Å². The van der Waals surface area contributed by atoms with Crippen LogP contribution in [0.5, 0.6) is 0 Å². The van der Waals surface area contributed by atoms with Gasteiger partial charge in [0.05, 0.1) is 5.75 Å². The minimum atomic E-state index is -3.22. The van der Waals surface area contributed by atoms with Crippen LogP contribution in [0.15, 0.2) is 22.6 Å². The lowest BCUT2D eigenvalue weighted by Crippen LogP contribution is -2.38. The summed E-state index contributed by atoms with van der Waals surface area (Å²) in [5.74, 6) is 0.611. The molecule has 1 fully saturated rings. The number of benzene rings is 1. The second-order valence-electron chi connectivity index (χ2n) is 6.28.